The minimum absolute atomic E-state index is 1.16. The van der Waals surface area contributed by atoms with E-state index in [1.54, 1.807) is 0 Å². The van der Waals surface area contributed by atoms with Crippen molar-refractivity contribution in [2.45, 2.75) is 34.6 Å². The van der Waals surface area contributed by atoms with Crippen molar-refractivity contribution in [3.05, 3.63) is 23.4 Å². The van der Waals surface area contributed by atoms with Crippen LogP contribution in [-0.2, 0) is 0 Å². The van der Waals surface area contributed by atoms with Gasteiger partial charge in [0.15, 0.2) is 0 Å². The Bertz CT molecular complexity index is 157. The molecule has 0 unspecified atom stereocenters. The van der Waals surface area contributed by atoms with Crippen LogP contribution < -0.4 is 0 Å². The van der Waals surface area contributed by atoms with Crippen molar-refractivity contribution in [2.24, 2.45) is 0 Å². The molecular formula is C10H21NS. The molecule has 0 aliphatic heterocycles. The maximum Gasteiger partial charge on any atom is 0.0447 e. The number of thiol groups is 1. The molecule has 12 heavy (non-hydrogen) atoms. The van der Waals surface area contributed by atoms with E-state index < -0.39 is 0 Å². The number of allylic oxidation sites excluding steroid dienone is 3. The highest BCUT2D eigenvalue weighted by molar-refractivity contribution is 7.77. The molecule has 0 saturated heterocycles. The molecule has 0 amide bonds. The van der Waals surface area contributed by atoms with Crippen LogP contribution in [0.1, 0.15) is 34.6 Å². The molecular weight excluding hydrogens is 166 g/mol. The Hall–Kier alpha value is -0.370. The third kappa shape index (κ3) is 5.30. The molecule has 0 fully saturated rings. The zero-order chi connectivity index (χ0) is 10.1. The maximum atomic E-state index is 4.19. The average Bonchev–Trinajstić information content (AvgIpc) is 2.08. The summed E-state index contributed by atoms with van der Waals surface area (Å²) in [6.07, 6.45) is 4.12. The molecule has 1 nitrogen and oxygen atoms in total. The summed E-state index contributed by atoms with van der Waals surface area (Å²) < 4.78 is 1.81. The lowest BCUT2D eigenvalue weighted by Crippen LogP contribution is -2.05. The first-order valence-electron chi connectivity index (χ1n) is 4.35. The van der Waals surface area contributed by atoms with Crippen molar-refractivity contribution in [3.8, 4) is 0 Å². The molecule has 0 radical (unpaired) electrons. The summed E-state index contributed by atoms with van der Waals surface area (Å²) >= 11 is 4.19. The van der Waals surface area contributed by atoms with Gasteiger partial charge in [0, 0.05) is 12.7 Å². The topological polar surface area (TPSA) is 3.24 Å². The second-order valence-corrected chi connectivity index (χ2v) is 2.77. The first-order chi connectivity index (χ1) is 5.63. The molecule has 0 atom stereocenters. The normalized spacial score (nSPS) is 11.9. The van der Waals surface area contributed by atoms with Gasteiger partial charge in [-0.3, -0.25) is 0 Å². The summed E-state index contributed by atoms with van der Waals surface area (Å²) in [5.41, 5.74) is 2.41. The Balaban J connectivity index is 0. The van der Waals surface area contributed by atoms with Gasteiger partial charge in [-0.15, -0.1) is 0 Å². The standard InChI is InChI=1S/C8H15NS.C2H6/c1-5-7(3)8(6-2)9(4)10;1-2/h5-6,10H,1-4H3;1-2H3/b7-5-,8-6+;. The van der Waals surface area contributed by atoms with E-state index >= 15 is 0 Å². The maximum absolute atomic E-state index is 4.19. The molecule has 0 rings (SSSR count). The Morgan fingerprint density at radius 2 is 1.58 bits per heavy atom. The summed E-state index contributed by atoms with van der Waals surface area (Å²) in [6.45, 7) is 10.1. The molecule has 0 saturated carbocycles. The van der Waals surface area contributed by atoms with E-state index in [0.717, 1.165) is 5.70 Å². The van der Waals surface area contributed by atoms with E-state index in [1.165, 1.54) is 5.57 Å². The van der Waals surface area contributed by atoms with Crippen molar-refractivity contribution in [2.75, 3.05) is 7.05 Å². The second kappa shape index (κ2) is 8.72. The fraction of sp³-hybridized carbons (Fsp3) is 0.600. The molecule has 0 spiro atoms. The van der Waals surface area contributed by atoms with Gasteiger partial charge < -0.3 is 4.31 Å². The van der Waals surface area contributed by atoms with Gasteiger partial charge in [-0.05, 0) is 26.3 Å². The van der Waals surface area contributed by atoms with E-state index in [9.17, 15) is 0 Å². The monoisotopic (exact) mass is 187 g/mol. The number of nitrogens with zero attached hydrogens (tertiary/aromatic N) is 1. The van der Waals surface area contributed by atoms with Crippen molar-refractivity contribution in [3.63, 3.8) is 0 Å². The van der Waals surface area contributed by atoms with Gasteiger partial charge in [0.25, 0.3) is 0 Å². The van der Waals surface area contributed by atoms with E-state index in [1.807, 2.05) is 45.1 Å². The molecule has 2 heteroatoms. The summed E-state index contributed by atoms with van der Waals surface area (Å²) in [6, 6.07) is 0. The van der Waals surface area contributed by atoms with Crippen molar-refractivity contribution in [1.82, 2.24) is 4.31 Å². The average molecular weight is 187 g/mol. The lowest BCUT2D eigenvalue weighted by molar-refractivity contribution is 0.720. The quantitative estimate of drug-likeness (QED) is 0.510. The van der Waals surface area contributed by atoms with Gasteiger partial charge in [0.05, 0.1) is 0 Å². The number of rotatable bonds is 2. The van der Waals surface area contributed by atoms with Crippen molar-refractivity contribution >= 4 is 12.8 Å². The lowest BCUT2D eigenvalue weighted by Gasteiger charge is -2.15. The van der Waals surface area contributed by atoms with E-state index in [0.29, 0.717) is 0 Å². The highest BCUT2D eigenvalue weighted by atomic mass is 32.1. The van der Waals surface area contributed by atoms with Crippen LogP contribution in [0.5, 0.6) is 0 Å². The molecule has 0 aromatic carbocycles. The van der Waals surface area contributed by atoms with Crippen LogP contribution in [0.15, 0.2) is 23.4 Å². The van der Waals surface area contributed by atoms with Crippen LogP contribution in [0, 0.1) is 0 Å². The Morgan fingerprint density at radius 1 is 1.17 bits per heavy atom. The molecule has 0 N–H and O–H groups in total. The Labute approximate surface area is 82.7 Å². The molecule has 0 aliphatic rings. The SMILES string of the molecule is C/C=C(C)\C(=C/C)N(C)S.CC. The van der Waals surface area contributed by atoms with Crippen molar-refractivity contribution < 1.29 is 0 Å². The number of hydrogen-bond donors (Lipinski definition) is 1. The van der Waals surface area contributed by atoms with Crippen LogP contribution in [0.2, 0.25) is 0 Å². The molecule has 72 valence electrons. The van der Waals surface area contributed by atoms with Gasteiger partial charge in [-0.2, -0.15) is 0 Å². The highest BCUT2D eigenvalue weighted by Crippen LogP contribution is 2.13. The van der Waals surface area contributed by atoms with Gasteiger partial charge in [-0.25, -0.2) is 0 Å². The summed E-state index contributed by atoms with van der Waals surface area (Å²) in [5.74, 6) is 0. The molecule has 0 aromatic rings. The van der Waals surface area contributed by atoms with Gasteiger partial charge >= 0.3 is 0 Å². The van der Waals surface area contributed by atoms with Crippen LogP contribution in [0.3, 0.4) is 0 Å². The number of hydrogen-bond acceptors (Lipinski definition) is 2. The third-order valence-electron chi connectivity index (χ3n) is 1.46. The van der Waals surface area contributed by atoms with Gasteiger partial charge in [0.1, 0.15) is 0 Å². The first kappa shape index (κ1) is 14.2. The highest BCUT2D eigenvalue weighted by Gasteiger charge is 1.98. The molecule has 0 heterocycles. The third-order valence-corrected chi connectivity index (χ3v) is 1.67. The van der Waals surface area contributed by atoms with Crippen LogP contribution in [0.25, 0.3) is 0 Å². The van der Waals surface area contributed by atoms with Crippen LogP contribution in [0.4, 0.5) is 0 Å². The van der Waals surface area contributed by atoms with Gasteiger partial charge in [0.2, 0.25) is 0 Å². The largest absolute Gasteiger partial charge is 0.322 e. The Kier molecular flexibility index (Phi) is 10.3. The predicted octanol–water partition coefficient (Wildman–Crippen LogP) is 3.66. The Morgan fingerprint density at radius 3 is 1.67 bits per heavy atom. The summed E-state index contributed by atoms with van der Waals surface area (Å²) in [7, 11) is 1.92. The first-order valence-corrected chi connectivity index (χ1v) is 4.75. The minimum atomic E-state index is 1.16. The fourth-order valence-electron chi connectivity index (χ4n) is 0.818. The van der Waals surface area contributed by atoms with E-state index in [-0.39, 0.29) is 0 Å². The minimum Gasteiger partial charge on any atom is -0.322 e. The van der Waals surface area contributed by atoms with Crippen molar-refractivity contribution in [1.29, 1.82) is 0 Å². The van der Waals surface area contributed by atoms with E-state index in [2.05, 4.69) is 25.8 Å². The zero-order valence-corrected chi connectivity index (χ0v) is 9.94. The zero-order valence-electron chi connectivity index (χ0n) is 9.05. The summed E-state index contributed by atoms with van der Waals surface area (Å²) in [5, 5.41) is 0. The lowest BCUT2D eigenvalue weighted by atomic mass is 10.2. The summed E-state index contributed by atoms with van der Waals surface area (Å²) in [4.78, 5) is 0. The fourth-order valence-corrected chi connectivity index (χ4v) is 1.09. The predicted molar refractivity (Wildman–Crippen MR) is 61.3 cm³/mol. The molecule has 0 aromatic heterocycles. The molecule has 0 bridgehead atoms. The molecule has 0 aliphatic carbocycles. The van der Waals surface area contributed by atoms with E-state index in [4.69, 9.17) is 0 Å². The van der Waals surface area contributed by atoms with Gasteiger partial charge in [-0.1, -0.05) is 38.8 Å². The van der Waals surface area contributed by atoms with Crippen LogP contribution >= 0.6 is 12.8 Å². The second-order valence-electron chi connectivity index (χ2n) is 2.17. The van der Waals surface area contributed by atoms with Crippen LogP contribution in [-0.4, -0.2) is 11.4 Å². The number of likely N-dealkylation sites (N-methyl/N-ethyl adjacent to an activating group) is 1. The smallest absolute Gasteiger partial charge is 0.0447 e.